The van der Waals surface area contributed by atoms with Gasteiger partial charge in [0.15, 0.2) is 11.5 Å². The van der Waals surface area contributed by atoms with Gasteiger partial charge in [-0.05, 0) is 30.7 Å². The van der Waals surface area contributed by atoms with E-state index in [1.54, 1.807) is 36.1 Å². The van der Waals surface area contributed by atoms with E-state index in [4.69, 9.17) is 21.1 Å². The predicted molar refractivity (Wildman–Crippen MR) is 133 cm³/mol. The van der Waals surface area contributed by atoms with E-state index < -0.39 is 0 Å². The molecule has 0 radical (unpaired) electrons. The molecule has 1 heterocycles. The Bertz CT molecular complexity index is 1240. The van der Waals surface area contributed by atoms with Crippen molar-refractivity contribution in [3.8, 4) is 11.5 Å². The molecule has 4 rings (SSSR count). The molecule has 0 saturated heterocycles. The van der Waals surface area contributed by atoms with E-state index in [-0.39, 0.29) is 0 Å². The molecule has 0 aliphatic carbocycles. The molecule has 168 valence electrons. The van der Waals surface area contributed by atoms with Gasteiger partial charge in [0.1, 0.15) is 12.9 Å². The zero-order valence-electron chi connectivity index (χ0n) is 18.3. The summed E-state index contributed by atoms with van der Waals surface area (Å²) in [4.78, 5) is 0. The molecule has 8 heteroatoms. The number of ether oxygens (including phenoxy) is 2. The minimum atomic E-state index is 0.311. The normalized spacial score (nSPS) is 11.1. The number of halogens is 1. The molecule has 0 atom stereocenters. The van der Waals surface area contributed by atoms with Crippen LogP contribution in [0.15, 0.2) is 83.3 Å². The molecule has 0 unspecified atom stereocenters. The van der Waals surface area contributed by atoms with Crippen molar-refractivity contribution in [3.63, 3.8) is 0 Å². The summed E-state index contributed by atoms with van der Waals surface area (Å²) in [6.45, 7) is 2.39. The Morgan fingerprint density at radius 2 is 1.88 bits per heavy atom. The van der Waals surface area contributed by atoms with Gasteiger partial charge >= 0.3 is 0 Å². The van der Waals surface area contributed by atoms with E-state index in [0.717, 1.165) is 16.9 Å². The van der Waals surface area contributed by atoms with Gasteiger partial charge < -0.3 is 9.47 Å². The number of nitrogens with zero attached hydrogens (tertiary/aromatic N) is 4. The lowest BCUT2D eigenvalue weighted by Crippen LogP contribution is -2.02. The van der Waals surface area contributed by atoms with Crippen LogP contribution in [0.1, 0.15) is 22.3 Å². The summed E-state index contributed by atoms with van der Waals surface area (Å²) in [6, 6.07) is 21.7. The van der Waals surface area contributed by atoms with Crippen LogP contribution in [0.5, 0.6) is 11.5 Å². The zero-order chi connectivity index (χ0) is 23.0. The van der Waals surface area contributed by atoms with Crippen molar-refractivity contribution < 1.29 is 9.47 Å². The molecule has 1 aromatic heterocycles. The zero-order valence-corrected chi connectivity index (χ0v) is 19.9. The first kappa shape index (κ1) is 22.9. The van der Waals surface area contributed by atoms with Crippen molar-refractivity contribution in [2.75, 3.05) is 7.11 Å². The fourth-order valence-corrected chi connectivity index (χ4v) is 4.08. The van der Waals surface area contributed by atoms with Gasteiger partial charge in [0, 0.05) is 21.9 Å². The number of rotatable bonds is 9. The minimum Gasteiger partial charge on any atom is -0.493 e. The monoisotopic (exact) mass is 478 g/mol. The third-order valence-electron chi connectivity index (χ3n) is 4.87. The largest absolute Gasteiger partial charge is 0.493 e. The van der Waals surface area contributed by atoms with Gasteiger partial charge in [0.25, 0.3) is 0 Å². The number of aryl methyl sites for hydroxylation is 1. The van der Waals surface area contributed by atoms with Crippen molar-refractivity contribution in [3.05, 3.63) is 100 Å². The van der Waals surface area contributed by atoms with E-state index in [1.165, 1.54) is 11.1 Å². The lowest BCUT2D eigenvalue weighted by atomic mass is 10.2. The molecule has 0 amide bonds. The van der Waals surface area contributed by atoms with E-state index in [0.29, 0.717) is 28.3 Å². The van der Waals surface area contributed by atoms with Gasteiger partial charge in [0.2, 0.25) is 5.16 Å². The average Bonchev–Trinajstić information content (AvgIpc) is 3.29. The van der Waals surface area contributed by atoms with Crippen LogP contribution in [0.25, 0.3) is 0 Å². The van der Waals surface area contributed by atoms with Crippen LogP contribution >= 0.6 is 23.4 Å². The van der Waals surface area contributed by atoms with Crippen molar-refractivity contribution in [2.24, 2.45) is 5.10 Å². The Labute approximate surface area is 202 Å². The first-order chi connectivity index (χ1) is 16.1. The Morgan fingerprint density at radius 1 is 1.06 bits per heavy atom. The maximum absolute atomic E-state index is 6.27. The minimum absolute atomic E-state index is 0.311. The lowest BCUT2D eigenvalue weighted by Gasteiger charge is -2.14. The number of benzene rings is 3. The Morgan fingerprint density at radius 3 is 2.67 bits per heavy atom. The Kier molecular flexibility index (Phi) is 7.65. The third kappa shape index (κ3) is 5.94. The molecule has 33 heavy (non-hydrogen) atoms. The van der Waals surface area contributed by atoms with Gasteiger partial charge in [-0.2, -0.15) is 9.78 Å². The fourth-order valence-electron chi connectivity index (χ4n) is 3.07. The topological polar surface area (TPSA) is 61.5 Å². The quantitative estimate of drug-likeness (QED) is 0.218. The lowest BCUT2D eigenvalue weighted by molar-refractivity contribution is 0.284. The summed E-state index contributed by atoms with van der Waals surface area (Å²) < 4.78 is 13.2. The second-order valence-electron chi connectivity index (χ2n) is 7.24. The first-order valence-corrected chi connectivity index (χ1v) is 11.7. The Hall–Kier alpha value is -3.29. The molecule has 3 aromatic carbocycles. The summed E-state index contributed by atoms with van der Waals surface area (Å²) in [5.41, 5.74) is 4.11. The van der Waals surface area contributed by atoms with Gasteiger partial charge in [-0.3, -0.25) is 0 Å². The molecular formula is C25H23ClN4O2S. The number of hydrogen-bond donors (Lipinski definition) is 0. The molecule has 4 aromatic rings. The van der Waals surface area contributed by atoms with Gasteiger partial charge in [0.05, 0.1) is 13.3 Å². The average molecular weight is 479 g/mol. The standard InChI is InChI=1S/C25H23ClN4O2S/c1-18-10-12-19(13-11-18)16-33-25-29-27-17-30(25)28-14-20-7-5-9-23(31-2)24(20)32-15-21-6-3-4-8-22(21)26/h3-14,17H,15-16H2,1-2H3/b28-14-. The highest BCUT2D eigenvalue weighted by Crippen LogP contribution is 2.31. The van der Waals surface area contributed by atoms with Gasteiger partial charge in [-0.15, -0.1) is 10.2 Å². The second kappa shape index (κ2) is 11.0. The van der Waals surface area contributed by atoms with Crippen molar-refractivity contribution in [2.45, 2.75) is 24.4 Å². The molecule has 6 nitrogen and oxygen atoms in total. The van der Waals surface area contributed by atoms with Crippen molar-refractivity contribution in [1.29, 1.82) is 0 Å². The van der Waals surface area contributed by atoms with Crippen LogP contribution in [0.3, 0.4) is 0 Å². The van der Waals surface area contributed by atoms with E-state index in [1.807, 2.05) is 42.5 Å². The molecular weight excluding hydrogens is 456 g/mol. The molecule has 0 bridgehead atoms. The maximum atomic E-state index is 6.27. The Balaban J connectivity index is 1.51. The highest BCUT2D eigenvalue weighted by Gasteiger charge is 2.11. The third-order valence-corrected chi connectivity index (χ3v) is 6.24. The number of hydrogen-bond acceptors (Lipinski definition) is 6. The van der Waals surface area contributed by atoms with E-state index in [2.05, 4.69) is 46.5 Å². The van der Waals surface area contributed by atoms with Crippen LogP contribution in [-0.2, 0) is 12.4 Å². The fraction of sp³-hybridized carbons (Fsp3) is 0.160. The highest BCUT2D eigenvalue weighted by atomic mass is 35.5. The summed E-state index contributed by atoms with van der Waals surface area (Å²) in [6.07, 6.45) is 3.29. The van der Waals surface area contributed by atoms with Crippen LogP contribution in [0.2, 0.25) is 5.02 Å². The van der Waals surface area contributed by atoms with Crippen molar-refractivity contribution >= 4 is 29.6 Å². The van der Waals surface area contributed by atoms with E-state index in [9.17, 15) is 0 Å². The molecule has 0 aliphatic rings. The number of aromatic nitrogens is 3. The summed E-state index contributed by atoms with van der Waals surface area (Å²) in [5, 5.41) is 14.1. The maximum Gasteiger partial charge on any atom is 0.212 e. The molecule has 0 aliphatic heterocycles. The summed E-state index contributed by atoms with van der Waals surface area (Å²) in [5.74, 6) is 1.98. The first-order valence-electron chi connectivity index (χ1n) is 10.3. The molecule has 0 N–H and O–H groups in total. The smallest absolute Gasteiger partial charge is 0.212 e. The molecule has 0 spiro atoms. The highest BCUT2D eigenvalue weighted by molar-refractivity contribution is 7.98. The van der Waals surface area contributed by atoms with Gasteiger partial charge in [-0.25, -0.2) is 0 Å². The van der Waals surface area contributed by atoms with E-state index >= 15 is 0 Å². The summed E-state index contributed by atoms with van der Waals surface area (Å²) in [7, 11) is 1.61. The van der Waals surface area contributed by atoms with Crippen molar-refractivity contribution in [1.82, 2.24) is 14.9 Å². The SMILES string of the molecule is COc1cccc(/C=N\n2cnnc2SCc2ccc(C)cc2)c1OCc1ccccc1Cl. The predicted octanol–water partition coefficient (Wildman–Crippen LogP) is 6.00. The number of para-hydroxylation sites is 1. The number of thioether (sulfide) groups is 1. The van der Waals surface area contributed by atoms with Crippen LogP contribution in [0.4, 0.5) is 0 Å². The molecule has 0 fully saturated rings. The van der Waals surface area contributed by atoms with Crippen LogP contribution in [-0.4, -0.2) is 28.2 Å². The van der Waals surface area contributed by atoms with Gasteiger partial charge in [-0.1, -0.05) is 77.5 Å². The van der Waals surface area contributed by atoms with Crippen LogP contribution in [0, 0.1) is 6.92 Å². The second-order valence-corrected chi connectivity index (χ2v) is 8.59. The summed E-state index contributed by atoms with van der Waals surface area (Å²) >= 11 is 7.85. The number of methoxy groups -OCH3 is 1. The molecule has 0 saturated carbocycles. The van der Waals surface area contributed by atoms with Crippen LogP contribution < -0.4 is 9.47 Å².